The van der Waals surface area contributed by atoms with Crippen molar-refractivity contribution >= 4 is 23.6 Å². The van der Waals surface area contributed by atoms with Gasteiger partial charge in [-0.3, -0.25) is 9.59 Å². The van der Waals surface area contributed by atoms with Crippen LogP contribution in [0.15, 0.2) is 47.4 Å². The third-order valence-electron chi connectivity index (χ3n) is 4.47. The van der Waals surface area contributed by atoms with Crippen LogP contribution in [0.4, 0.5) is 8.78 Å². The molecule has 2 aromatic carbocycles. The van der Waals surface area contributed by atoms with Crippen LogP contribution < -0.4 is 0 Å². The van der Waals surface area contributed by atoms with Gasteiger partial charge in [-0.25, -0.2) is 8.78 Å². The zero-order valence-electron chi connectivity index (χ0n) is 15.0. The fraction of sp³-hybridized carbons (Fsp3) is 0.300. The van der Waals surface area contributed by atoms with Crippen molar-refractivity contribution in [3.05, 3.63) is 65.2 Å². The molecular weight excluding hydrogens is 370 g/mol. The average molecular weight is 390 g/mol. The molecule has 1 saturated heterocycles. The molecule has 0 aliphatic carbocycles. The van der Waals surface area contributed by atoms with Gasteiger partial charge in [-0.15, -0.1) is 11.8 Å². The van der Waals surface area contributed by atoms with Crippen LogP contribution in [0.1, 0.15) is 15.9 Å². The summed E-state index contributed by atoms with van der Waals surface area (Å²) in [6.45, 7) is 3.63. The van der Waals surface area contributed by atoms with Crippen molar-refractivity contribution in [2.45, 2.75) is 11.8 Å². The Kier molecular flexibility index (Phi) is 6.11. The standard InChI is InChI=1S/C20H20F2N2O2S/c1-14-2-5-16(6-3-14)27-13-19(25)23-8-10-24(11-9-23)20(26)15-4-7-17(21)18(22)12-15/h2-7,12H,8-11,13H2,1H3. The number of hydrogen-bond acceptors (Lipinski definition) is 3. The highest BCUT2D eigenvalue weighted by molar-refractivity contribution is 8.00. The van der Waals surface area contributed by atoms with Gasteiger partial charge in [-0.05, 0) is 37.3 Å². The summed E-state index contributed by atoms with van der Waals surface area (Å²) in [5.41, 5.74) is 1.29. The molecule has 1 aliphatic rings. The summed E-state index contributed by atoms with van der Waals surface area (Å²) in [6.07, 6.45) is 0. The SMILES string of the molecule is Cc1ccc(SCC(=O)N2CCN(C(=O)c3ccc(F)c(F)c3)CC2)cc1. The van der Waals surface area contributed by atoms with Crippen molar-refractivity contribution < 1.29 is 18.4 Å². The quantitative estimate of drug-likeness (QED) is 0.752. The van der Waals surface area contributed by atoms with Crippen molar-refractivity contribution in [1.29, 1.82) is 0 Å². The number of amides is 2. The van der Waals surface area contributed by atoms with Gasteiger partial charge in [-0.1, -0.05) is 17.7 Å². The van der Waals surface area contributed by atoms with E-state index in [1.54, 1.807) is 9.80 Å². The van der Waals surface area contributed by atoms with Crippen molar-refractivity contribution in [2.75, 3.05) is 31.9 Å². The van der Waals surface area contributed by atoms with Gasteiger partial charge in [0.05, 0.1) is 5.75 Å². The van der Waals surface area contributed by atoms with Crippen LogP contribution in [0, 0.1) is 18.6 Å². The molecule has 0 atom stereocenters. The first-order valence-corrected chi connectivity index (χ1v) is 9.64. The van der Waals surface area contributed by atoms with Gasteiger partial charge < -0.3 is 9.80 Å². The van der Waals surface area contributed by atoms with Crippen LogP contribution in [-0.4, -0.2) is 53.5 Å². The molecule has 1 aliphatic heterocycles. The van der Waals surface area contributed by atoms with Crippen molar-refractivity contribution in [3.8, 4) is 0 Å². The highest BCUT2D eigenvalue weighted by atomic mass is 32.2. The van der Waals surface area contributed by atoms with Crippen LogP contribution in [-0.2, 0) is 4.79 Å². The molecule has 1 heterocycles. The number of rotatable bonds is 4. The average Bonchev–Trinajstić information content (AvgIpc) is 2.69. The summed E-state index contributed by atoms with van der Waals surface area (Å²) in [5.74, 6) is -1.99. The van der Waals surface area contributed by atoms with Crippen molar-refractivity contribution in [2.24, 2.45) is 0 Å². The van der Waals surface area contributed by atoms with Crippen LogP contribution in [0.5, 0.6) is 0 Å². The number of carbonyl (C=O) groups excluding carboxylic acids is 2. The number of carbonyl (C=O) groups is 2. The third-order valence-corrected chi connectivity index (χ3v) is 5.47. The Morgan fingerprint density at radius 3 is 2.19 bits per heavy atom. The summed E-state index contributed by atoms with van der Waals surface area (Å²) in [6, 6.07) is 11.1. The molecule has 2 amide bonds. The smallest absolute Gasteiger partial charge is 0.254 e. The first-order valence-electron chi connectivity index (χ1n) is 8.65. The van der Waals surface area contributed by atoms with Crippen molar-refractivity contribution in [3.63, 3.8) is 0 Å². The number of hydrogen-bond donors (Lipinski definition) is 0. The maximum Gasteiger partial charge on any atom is 0.254 e. The second-order valence-corrected chi connectivity index (χ2v) is 7.45. The van der Waals surface area contributed by atoms with E-state index in [1.165, 1.54) is 23.4 Å². The van der Waals surface area contributed by atoms with Crippen molar-refractivity contribution in [1.82, 2.24) is 9.80 Å². The molecule has 0 spiro atoms. The Balaban J connectivity index is 1.50. The molecule has 0 radical (unpaired) electrons. The van der Waals surface area contributed by atoms with E-state index in [4.69, 9.17) is 0 Å². The topological polar surface area (TPSA) is 40.6 Å². The van der Waals surface area contributed by atoms with Crippen LogP contribution in [0.25, 0.3) is 0 Å². The Labute approximate surface area is 161 Å². The molecule has 0 N–H and O–H groups in total. The van der Waals surface area contributed by atoms with E-state index in [1.807, 2.05) is 31.2 Å². The van der Waals surface area contributed by atoms with E-state index in [2.05, 4.69) is 0 Å². The minimum Gasteiger partial charge on any atom is -0.338 e. The predicted molar refractivity (Wildman–Crippen MR) is 101 cm³/mol. The van der Waals surface area contributed by atoms with Gasteiger partial charge in [-0.2, -0.15) is 0 Å². The summed E-state index contributed by atoms with van der Waals surface area (Å²) in [4.78, 5) is 29.1. The van der Waals surface area contributed by atoms with Gasteiger partial charge in [0, 0.05) is 36.6 Å². The highest BCUT2D eigenvalue weighted by Crippen LogP contribution is 2.19. The second-order valence-electron chi connectivity index (χ2n) is 6.40. The monoisotopic (exact) mass is 390 g/mol. The van der Waals surface area contributed by atoms with Crippen LogP contribution in [0.2, 0.25) is 0 Å². The second kappa shape index (κ2) is 8.52. The summed E-state index contributed by atoms with van der Waals surface area (Å²) in [5, 5.41) is 0. The number of benzene rings is 2. The Hall–Kier alpha value is -2.41. The zero-order chi connectivity index (χ0) is 19.4. The number of piperazine rings is 1. The maximum absolute atomic E-state index is 13.3. The van der Waals surface area contributed by atoms with E-state index in [9.17, 15) is 18.4 Å². The molecule has 0 aromatic heterocycles. The maximum atomic E-state index is 13.3. The molecule has 2 aromatic rings. The molecule has 4 nitrogen and oxygen atoms in total. The number of aryl methyl sites for hydroxylation is 1. The minimum absolute atomic E-state index is 0.0282. The molecule has 0 saturated carbocycles. The lowest BCUT2D eigenvalue weighted by atomic mass is 10.1. The Morgan fingerprint density at radius 1 is 0.926 bits per heavy atom. The molecule has 1 fully saturated rings. The summed E-state index contributed by atoms with van der Waals surface area (Å²) in [7, 11) is 0. The molecule has 0 unspecified atom stereocenters. The number of halogens is 2. The van der Waals surface area contributed by atoms with E-state index in [0.717, 1.165) is 17.0 Å². The molecule has 0 bridgehead atoms. The first-order chi connectivity index (χ1) is 12.9. The lowest BCUT2D eigenvalue weighted by Crippen LogP contribution is -2.51. The van der Waals surface area contributed by atoms with Crippen LogP contribution in [0.3, 0.4) is 0 Å². The van der Waals surface area contributed by atoms with Crippen LogP contribution >= 0.6 is 11.8 Å². The summed E-state index contributed by atoms with van der Waals surface area (Å²) < 4.78 is 26.3. The number of nitrogens with zero attached hydrogens (tertiary/aromatic N) is 2. The molecule has 7 heteroatoms. The highest BCUT2D eigenvalue weighted by Gasteiger charge is 2.25. The van der Waals surface area contributed by atoms with Gasteiger partial charge >= 0.3 is 0 Å². The molecular formula is C20H20F2N2O2S. The lowest BCUT2D eigenvalue weighted by Gasteiger charge is -2.34. The predicted octanol–water partition coefficient (Wildman–Crippen LogP) is 3.35. The zero-order valence-corrected chi connectivity index (χ0v) is 15.8. The Bertz CT molecular complexity index is 834. The molecule has 142 valence electrons. The van der Waals surface area contributed by atoms with Gasteiger partial charge in [0.1, 0.15) is 0 Å². The minimum atomic E-state index is -1.04. The van der Waals surface area contributed by atoms with E-state index < -0.39 is 11.6 Å². The first kappa shape index (κ1) is 19.4. The van der Waals surface area contributed by atoms with Gasteiger partial charge in [0.2, 0.25) is 5.91 Å². The van der Waals surface area contributed by atoms with E-state index >= 15 is 0 Å². The Morgan fingerprint density at radius 2 is 1.56 bits per heavy atom. The normalized spacial score (nSPS) is 14.3. The fourth-order valence-electron chi connectivity index (χ4n) is 2.84. The van der Waals surface area contributed by atoms with Gasteiger partial charge in [0.25, 0.3) is 5.91 Å². The lowest BCUT2D eigenvalue weighted by molar-refractivity contribution is -0.129. The van der Waals surface area contributed by atoms with E-state index in [0.29, 0.717) is 31.9 Å². The van der Waals surface area contributed by atoms with E-state index in [-0.39, 0.29) is 17.4 Å². The molecule has 27 heavy (non-hydrogen) atoms. The third kappa shape index (κ3) is 4.86. The number of thioether (sulfide) groups is 1. The fourth-order valence-corrected chi connectivity index (χ4v) is 3.64. The van der Waals surface area contributed by atoms with Gasteiger partial charge in [0.15, 0.2) is 11.6 Å². The summed E-state index contributed by atoms with van der Waals surface area (Å²) >= 11 is 1.49. The molecule has 3 rings (SSSR count). The largest absolute Gasteiger partial charge is 0.338 e.